The van der Waals surface area contributed by atoms with E-state index in [-0.39, 0.29) is 6.04 Å². The van der Waals surface area contributed by atoms with E-state index >= 15 is 0 Å². The summed E-state index contributed by atoms with van der Waals surface area (Å²) in [6.45, 7) is 3.17. The van der Waals surface area contributed by atoms with Crippen LogP contribution in [0.1, 0.15) is 18.4 Å². The van der Waals surface area contributed by atoms with E-state index in [9.17, 15) is 4.79 Å². The summed E-state index contributed by atoms with van der Waals surface area (Å²) in [4.78, 5) is 13.2. The second-order valence-corrected chi connectivity index (χ2v) is 5.04. The van der Waals surface area contributed by atoms with Gasteiger partial charge in [0.05, 0.1) is 0 Å². The van der Waals surface area contributed by atoms with Crippen LogP contribution in [0.2, 0.25) is 0 Å². The van der Waals surface area contributed by atoms with Crippen LogP contribution in [0.15, 0.2) is 30.3 Å². The number of piperazine rings is 1. The highest BCUT2D eigenvalue weighted by Crippen LogP contribution is 2.08. The van der Waals surface area contributed by atoms with Crippen LogP contribution in [0.25, 0.3) is 0 Å². The lowest BCUT2D eigenvalue weighted by molar-refractivity contribution is -0.143. The molecule has 1 aliphatic rings. The summed E-state index contributed by atoms with van der Waals surface area (Å²) in [5, 5.41) is 12.3. The largest absolute Gasteiger partial charge is 0.480 e. The number of carbonyl (C=O) groups is 1. The number of aryl methyl sites for hydroxylation is 1. The normalized spacial score (nSPS) is 20.3. The monoisotopic (exact) mass is 262 g/mol. The Hall–Kier alpha value is -1.39. The molecule has 104 valence electrons. The minimum absolute atomic E-state index is 0.356. The molecule has 1 fully saturated rings. The van der Waals surface area contributed by atoms with Gasteiger partial charge in [-0.1, -0.05) is 30.3 Å². The van der Waals surface area contributed by atoms with Crippen molar-refractivity contribution < 1.29 is 9.90 Å². The van der Waals surface area contributed by atoms with E-state index < -0.39 is 5.97 Å². The zero-order valence-corrected chi connectivity index (χ0v) is 11.2. The average Bonchev–Trinajstić information content (AvgIpc) is 2.45. The Morgan fingerprint density at radius 2 is 2.11 bits per heavy atom. The Morgan fingerprint density at radius 1 is 1.32 bits per heavy atom. The molecule has 0 aliphatic carbocycles. The minimum Gasteiger partial charge on any atom is -0.480 e. The number of unbranched alkanes of at least 4 members (excludes halogenated alkanes) is 1. The topological polar surface area (TPSA) is 52.6 Å². The number of nitrogens with zero attached hydrogens (tertiary/aromatic N) is 1. The molecule has 2 rings (SSSR count). The van der Waals surface area contributed by atoms with Gasteiger partial charge in [0.1, 0.15) is 6.04 Å². The van der Waals surface area contributed by atoms with Crippen molar-refractivity contribution in [2.24, 2.45) is 0 Å². The van der Waals surface area contributed by atoms with Gasteiger partial charge in [-0.25, -0.2) is 0 Å². The second kappa shape index (κ2) is 7.26. The molecule has 1 saturated heterocycles. The zero-order chi connectivity index (χ0) is 13.5. The SMILES string of the molecule is O=C(O)C1CNCCN1CCCCc1ccccc1. The minimum atomic E-state index is -0.713. The van der Waals surface area contributed by atoms with Gasteiger partial charge < -0.3 is 10.4 Å². The van der Waals surface area contributed by atoms with Crippen molar-refractivity contribution in [1.29, 1.82) is 0 Å². The van der Waals surface area contributed by atoms with Crippen LogP contribution in [0.4, 0.5) is 0 Å². The number of carboxylic acids is 1. The number of aliphatic carboxylic acids is 1. The van der Waals surface area contributed by atoms with Crippen LogP contribution in [-0.2, 0) is 11.2 Å². The first-order chi connectivity index (χ1) is 9.27. The van der Waals surface area contributed by atoms with E-state index in [0.29, 0.717) is 6.54 Å². The summed E-state index contributed by atoms with van der Waals surface area (Å²) in [5.41, 5.74) is 1.36. The van der Waals surface area contributed by atoms with Crippen molar-refractivity contribution in [1.82, 2.24) is 10.2 Å². The molecule has 4 nitrogen and oxygen atoms in total. The molecular formula is C15H22N2O2. The lowest BCUT2D eigenvalue weighted by Crippen LogP contribution is -2.55. The molecule has 1 aromatic rings. The van der Waals surface area contributed by atoms with Crippen molar-refractivity contribution in [3.05, 3.63) is 35.9 Å². The summed E-state index contributed by atoms with van der Waals surface area (Å²) in [6.07, 6.45) is 3.24. The molecular weight excluding hydrogens is 240 g/mol. The molecule has 1 aliphatic heterocycles. The molecule has 19 heavy (non-hydrogen) atoms. The molecule has 0 saturated carbocycles. The van der Waals surface area contributed by atoms with Crippen molar-refractivity contribution in [2.75, 3.05) is 26.2 Å². The molecule has 0 bridgehead atoms. The maximum Gasteiger partial charge on any atom is 0.322 e. The van der Waals surface area contributed by atoms with Crippen LogP contribution in [-0.4, -0.2) is 48.2 Å². The van der Waals surface area contributed by atoms with Gasteiger partial charge in [-0.15, -0.1) is 0 Å². The number of carboxylic acid groups (broad SMARTS) is 1. The fourth-order valence-electron chi connectivity index (χ4n) is 2.55. The van der Waals surface area contributed by atoms with E-state index in [4.69, 9.17) is 5.11 Å². The van der Waals surface area contributed by atoms with E-state index in [1.165, 1.54) is 5.56 Å². The highest BCUT2D eigenvalue weighted by molar-refractivity contribution is 5.73. The molecule has 0 spiro atoms. The van der Waals surface area contributed by atoms with E-state index in [1.54, 1.807) is 0 Å². The van der Waals surface area contributed by atoms with Crippen LogP contribution < -0.4 is 5.32 Å². The smallest absolute Gasteiger partial charge is 0.322 e. The first-order valence-electron chi connectivity index (χ1n) is 6.99. The van der Waals surface area contributed by atoms with E-state index in [2.05, 4.69) is 34.5 Å². The lowest BCUT2D eigenvalue weighted by atomic mass is 10.1. The third kappa shape index (κ3) is 4.33. The number of rotatable bonds is 6. The van der Waals surface area contributed by atoms with Gasteiger partial charge in [-0.2, -0.15) is 0 Å². The fourth-order valence-corrected chi connectivity index (χ4v) is 2.55. The third-order valence-corrected chi connectivity index (χ3v) is 3.64. The lowest BCUT2D eigenvalue weighted by Gasteiger charge is -2.33. The maximum atomic E-state index is 11.1. The Morgan fingerprint density at radius 3 is 2.84 bits per heavy atom. The fraction of sp³-hybridized carbons (Fsp3) is 0.533. The average molecular weight is 262 g/mol. The second-order valence-electron chi connectivity index (χ2n) is 5.04. The maximum absolute atomic E-state index is 11.1. The molecule has 0 aromatic heterocycles. The van der Waals surface area contributed by atoms with E-state index in [1.807, 2.05) is 6.07 Å². The van der Waals surface area contributed by atoms with Crippen LogP contribution >= 0.6 is 0 Å². The Kier molecular flexibility index (Phi) is 5.36. The van der Waals surface area contributed by atoms with Gasteiger partial charge in [-0.3, -0.25) is 9.69 Å². The summed E-state index contributed by atoms with van der Waals surface area (Å²) in [7, 11) is 0. The quantitative estimate of drug-likeness (QED) is 0.760. The van der Waals surface area contributed by atoms with Gasteiger partial charge in [-0.05, 0) is 31.4 Å². The van der Waals surface area contributed by atoms with Gasteiger partial charge in [0.15, 0.2) is 0 Å². The highest BCUT2D eigenvalue weighted by Gasteiger charge is 2.27. The molecule has 1 unspecified atom stereocenters. The van der Waals surface area contributed by atoms with Crippen molar-refractivity contribution in [2.45, 2.75) is 25.3 Å². The Labute approximate surface area is 114 Å². The first-order valence-corrected chi connectivity index (χ1v) is 6.99. The van der Waals surface area contributed by atoms with Crippen LogP contribution in [0, 0.1) is 0 Å². The zero-order valence-electron chi connectivity index (χ0n) is 11.2. The number of hydrogen-bond donors (Lipinski definition) is 2. The number of hydrogen-bond acceptors (Lipinski definition) is 3. The Bertz CT molecular complexity index is 394. The summed E-state index contributed by atoms with van der Waals surface area (Å²) < 4.78 is 0. The summed E-state index contributed by atoms with van der Waals surface area (Å²) >= 11 is 0. The summed E-state index contributed by atoms with van der Waals surface area (Å²) in [5.74, 6) is -0.713. The predicted molar refractivity (Wildman–Crippen MR) is 75.2 cm³/mol. The molecule has 0 amide bonds. The van der Waals surface area contributed by atoms with Crippen molar-refractivity contribution in [3.63, 3.8) is 0 Å². The highest BCUT2D eigenvalue weighted by atomic mass is 16.4. The molecule has 4 heteroatoms. The van der Waals surface area contributed by atoms with Gasteiger partial charge in [0.25, 0.3) is 0 Å². The van der Waals surface area contributed by atoms with Crippen LogP contribution in [0.3, 0.4) is 0 Å². The number of benzene rings is 1. The Balaban J connectivity index is 1.71. The van der Waals surface area contributed by atoms with Crippen LogP contribution in [0.5, 0.6) is 0 Å². The number of nitrogens with one attached hydrogen (secondary N) is 1. The molecule has 0 radical (unpaired) electrons. The van der Waals surface area contributed by atoms with Gasteiger partial charge >= 0.3 is 5.97 Å². The molecule has 1 atom stereocenters. The van der Waals surface area contributed by atoms with Gasteiger partial charge in [0, 0.05) is 19.6 Å². The van der Waals surface area contributed by atoms with Gasteiger partial charge in [0.2, 0.25) is 0 Å². The summed E-state index contributed by atoms with van der Waals surface area (Å²) in [6, 6.07) is 10.1. The standard InChI is InChI=1S/C15H22N2O2/c18-15(19)14-12-16-9-11-17(14)10-5-4-8-13-6-2-1-3-7-13/h1-3,6-7,14,16H,4-5,8-12H2,(H,18,19). The molecule has 2 N–H and O–H groups in total. The first kappa shape index (κ1) is 14.0. The molecule has 1 heterocycles. The van der Waals surface area contributed by atoms with Crippen molar-refractivity contribution in [3.8, 4) is 0 Å². The van der Waals surface area contributed by atoms with Crippen molar-refractivity contribution >= 4 is 5.97 Å². The van der Waals surface area contributed by atoms with E-state index in [0.717, 1.165) is 38.9 Å². The third-order valence-electron chi connectivity index (χ3n) is 3.64. The molecule has 1 aromatic carbocycles. The predicted octanol–water partition coefficient (Wildman–Crippen LogP) is 1.37.